The van der Waals surface area contributed by atoms with Crippen LogP contribution in [0.4, 0.5) is 0 Å². The molecule has 2 aromatic heterocycles. The maximum atomic E-state index is 12.8. The number of aromatic nitrogens is 3. The maximum absolute atomic E-state index is 12.8. The molecule has 1 amide bonds. The number of fused-ring (bicyclic) bond motifs is 2. The van der Waals surface area contributed by atoms with Crippen LogP contribution in [-0.2, 0) is 24.2 Å². The average molecular weight is 384 g/mol. The standard InChI is InChI=1S/C24H24N4O/c29-24(13-18-14-25-21-10-5-4-9-19(18)21)27-22-11-6-12-23-20(22)15-26-28(23)16-17-7-2-1-3-8-17/h1-5,7-10,14-15,22,25H,6,11-13,16H2,(H,27,29)/t22-/m1/s1. The number of aromatic amines is 1. The summed E-state index contributed by atoms with van der Waals surface area (Å²) in [6.45, 7) is 0.770. The number of carbonyl (C=O) groups excluding carboxylic acids is 1. The van der Waals surface area contributed by atoms with Crippen LogP contribution in [0.3, 0.4) is 0 Å². The van der Waals surface area contributed by atoms with Gasteiger partial charge in [0, 0.05) is 28.4 Å². The van der Waals surface area contributed by atoms with E-state index in [0.717, 1.165) is 42.3 Å². The van der Waals surface area contributed by atoms with Gasteiger partial charge >= 0.3 is 0 Å². The van der Waals surface area contributed by atoms with Crippen molar-refractivity contribution in [3.8, 4) is 0 Å². The fourth-order valence-electron chi connectivity index (χ4n) is 4.36. The number of nitrogens with one attached hydrogen (secondary N) is 2. The molecular formula is C24H24N4O. The molecule has 5 rings (SSSR count). The van der Waals surface area contributed by atoms with Crippen LogP contribution in [0.5, 0.6) is 0 Å². The predicted molar refractivity (Wildman–Crippen MR) is 114 cm³/mol. The molecule has 0 saturated carbocycles. The van der Waals surface area contributed by atoms with E-state index in [9.17, 15) is 4.79 Å². The molecule has 0 bridgehead atoms. The second kappa shape index (κ2) is 7.59. The second-order valence-electron chi connectivity index (χ2n) is 7.74. The van der Waals surface area contributed by atoms with Crippen LogP contribution in [0.1, 0.15) is 41.3 Å². The van der Waals surface area contributed by atoms with E-state index in [1.807, 2.05) is 36.7 Å². The first-order valence-electron chi connectivity index (χ1n) is 10.2. The van der Waals surface area contributed by atoms with Crippen LogP contribution in [0, 0.1) is 0 Å². The minimum Gasteiger partial charge on any atom is -0.361 e. The van der Waals surface area contributed by atoms with E-state index in [4.69, 9.17) is 0 Å². The largest absolute Gasteiger partial charge is 0.361 e. The molecule has 1 aliphatic carbocycles. The monoisotopic (exact) mass is 384 g/mol. The van der Waals surface area contributed by atoms with E-state index >= 15 is 0 Å². The smallest absolute Gasteiger partial charge is 0.224 e. The molecule has 0 fully saturated rings. The zero-order chi connectivity index (χ0) is 19.6. The van der Waals surface area contributed by atoms with Crippen molar-refractivity contribution in [3.05, 3.63) is 89.4 Å². The quantitative estimate of drug-likeness (QED) is 0.543. The van der Waals surface area contributed by atoms with Gasteiger partial charge in [-0.2, -0.15) is 5.10 Å². The Labute approximate surface area is 169 Å². The molecule has 0 saturated heterocycles. The van der Waals surface area contributed by atoms with Crippen molar-refractivity contribution in [2.75, 3.05) is 0 Å². The molecule has 1 aliphatic rings. The van der Waals surface area contributed by atoms with Crippen molar-refractivity contribution < 1.29 is 4.79 Å². The maximum Gasteiger partial charge on any atom is 0.224 e. The van der Waals surface area contributed by atoms with Gasteiger partial charge in [-0.3, -0.25) is 9.48 Å². The number of rotatable bonds is 5. The molecule has 1 atom stereocenters. The molecular weight excluding hydrogens is 360 g/mol. The van der Waals surface area contributed by atoms with Crippen LogP contribution < -0.4 is 5.32 Å². The van der Waals surface area contributed by atoms with Gasteiger partial charge in [-0.25, -0.2) is 0 Å². The predicted octanol–water partition coefficient (Wildman–Crippen LogP) is 4.15. The number of para-hydroxylation sites is 1. The number of benzene rings is 2. The molecule has 5 nitrogen and oxygen atoms in total. The Balaban J connectivity index is 1.31. The number of carbonyl (C=O) groups is 1. The summed E-state index contributed by atoms with van der Waals surface area (Å²) in [6, 6.07) is 18.5. The van der Waals surface area contributed by atoms with E-state index in [2.05, 4.69) is 50.4 Å². The average Bonchev–Trinajstić information content (AvgIpc) is 3.34. The third kappa shape index (κ3) is 3.56. The third-order valence-electron chi connectivity index (χ3n) is 5.80. The lowest BCUT2D eigenvalue weighted by molar-refractivity contribution is -0.121. The van der Waals surface area contributed by atoms with Crippen LogP contribution in [0.15, 0.2) is 67.0 Å². The van der Waals surface area contributed by atoms with E-state index in [1.165, 1.54) is 16.8 Å². The first kappa shape index (κ1) is 17.7. The number of H-pyrrole nitrogens is 1. The number of hydrogen-bond donors (Lipinski definition) is 2. The summed E-state index contributed by atoms with van der Waals surface area (Å²) in [5, 5.41) is 8.99. The summed E-state index contributed by atoms with van der Waals surface area (Å²) in [5.74, 6) is 0.0587. The van der Waals surface area contributed by atoms with E-state index < -0.39 is 0 Å². The highest BCUT2D eigenvalue weighted by Gasteiger charge is 2.25. The Hall–Kier alpha value is -3.34. The van der Waals surface area contributed by atoms with Crippen molar-refractivity contribution in [3.63, 3.8) is 0 Å². The highest BCUT2D eigenvalue weighted by Crippen LogP contribution is 2.30. The van der Waals surface area contributed by atoms with Crippen LogP contribution in [0.2, 0.25) is 0 Å². The summed E-state index contributed by atoms with van der Waals surface area (Å²) in [4.78, 5) is 16.0. The Morgan fingerprint density at radius 2 is 1.97 bits per heavy atom. The zero-order valence-electron chi connectivity index (χ0n) is 16.3. The van der Waals surface area contributed by atoms with Gasteiger partial charge in [-0.1, -0.05) is 48.5 Å². The van der Waals surface area contributed by atoms with Crippen molar-refractivity contribution in [2.24, 2.45) is 0 Å². The van der Waals surface area contributed by atoms with Gasteiger partial charge in [0.1, 0.15) is 0 Å². The molecule has 2 heterocycles. The van der Waals surface area contributed by atoms with Crippen LogP contribution >= 0.6 is 0 Å². The van der Waals surface area contributed by atoms with E-state index in [-0.39, 0.29) is 11.9 Å². The normalized spacial score (nSPS) is 15.9. The van der Waals surface area contributed by atoms with Gasteiger partial charge in [-0.05, 0) is 36.5 Å². The highest BCUT2D eigenvalue weighted by atomic mass is 16.1. The first-order valence-corrected chi connectivity index (χ1v) is 10.2. The van der Waals surface area contributed by atoms with Gasteiger partial charge in [-0.15, -0.1) is 0 Å². The molecule has 29 heavy (non-hydrogen) atoms. The Bertz CT molecular complexity index is 1140. The molecule has 4 aromatic rings. The van der Waals surface area contributed by atoms with Crippen molar-refractivity contribution in [1.82, 2.24) is 20.1 Å². The Morgan fingerprint density at radius 1 is 1.14 bits per heavy atom. The second-order valence-corrected chi connectivity index (χ2v) is 7.74. The van der Waals surface area contributed by atoms with Crippen molar-refractivity contribution in [1.29, 1.82) is 0 Å². The van der Waals surface area contributed by atoms with Crippen LogP contribution in [-0.4, -0.2) is 20.7 Å². The minimum atomic E-state index is 0.0426. The molecule has 0 spiro atoms. The molecule has 2 N–H and O–H groups in total. The fraction of sp³-hybridized carbons (Fsp3) is 0.250. The third-order valence-corrected chi connectivity index (χ3v) is 5.80. The minimum absolute atomic E-state index is 0.0426. The summed E-state index contributed by atoms with van der Waals surface area (Å²) in [6.07, 6.45) is 7.29. The Morgan fingerprint density at radius 3 is 2.86 bits per heavy atom. The summed E-state index contributed by atoms with van der Waals surface area (Å²) in [5.41, 5.74) is 5.76. The molecule has 5 heteroatoms. The lowest BCUT2D eigenvalue weighted by atomic mass is 9.92. The molecule has 0 unspecified atom stereocenters. The van der Waals surface area contributed by atoms with Gasteiger partial charge in [0.25, 0.3) is 0 Å². The van der Waals surface area contributed by atoms with E-state index in [1.54, 1.807) is 0 Å². The number of nitrogens with zero attached hydrogens (tertiary/aromatic N) is 2. The van der Waals surface area contributed by atoms with Gasteiger partial charge in [0.2, 0.25) is 5.91 Å². The van der Waals surface area contributed by atoms with Gasteiger partial charge in [0.15, 0.2) is 0 Å². The van der Waals surface area contributed by atoms with Gasteiger partial charge in [0.05, 0.1) is 25.2 Å². The summed E-state index contributed by atoms with van der Waals surface area (Å²) in [7, 11) is 0. The highest BCUT2D eigenvalue weighted by molar-refractivity contribution is 5.89. The summed E-state index contributed by atoms with van der Waals surface area (Å²) >= 11 is 0. The van der Waals surface area contributed by atoms with Crippen LogP contribution in [0.25, 0.3) is 10.9 Å². The lowest BCUT2D eigenvalue weighted by Crippen LogP contribution is -2.32. The molecule has 2 aromatic carbocycles. The van der Waals surface area contributed by atoms with Gasteiger partial charge < -0.3 is 10.3 Å². The first-order chi connectivity index (χ1) is 14.3. The lowest BCUT2D eigenvalue weighted by Gasteiger charge is -2.24. The molecule has 0 aliphatic heterocycles. The van der Waals surface area contributed by atoms with Crippen molar-refractivity contribution in [2.45, 2.75) is 38.3 Å². The Kier molecular flexibility index (Phi) is 4.64. The zero-order valence-corrected chi connectivity index (χ0v) is 16.3. The van der Waals surface area contributed by atoms with Crippen molar-refractivity contribution >= 4 is 16.8 Å². The topological polar surface area (TPSA) is 62.7 Å². The SMILES string of the molecule is O=C(Cc1c[nH]c2ccccc12)N[C@@H]1CCCc2c1cnn2Cc1ccccc1. The molecule has 0 radical (unpaired) electrons. The fourth-order valence-corrected chi connectivity index (χ4v) is 4.36. The van der Waals surface area contributed by atoms with E-state index in [0.29, 0.717) is 6.42 Å². The number of amides is 1. The number of hydrogen-bond acceptors (Lipinski definition) is 2. The summed E-state index contributed by atoms with van der Waals surface area (Å²) < 4.78 is 2.09. The molecule has 146 valence electrons.